The Morgan fingerprint density at radius 1 is 1.56 bits per heavy atom. The van der Waals surface area contributed by atoms with Gasteiger partial charge in [0.05, 0.1) is 0 Å². The molecule has 1 aromatic heterocycles. The number of carboxylic acid groups (broad SMARTS) is 1. The van der Waals surface area contributed by atoms with Gasteiger partial charge >= 0.3 is 5.97 Å². The molecule has 1 saturated carbocycles. The van der Waals surface area contributed by atoms with Gasteiger partial charge in [0.25, 0.3) is 0 Å². The molecule has 1 aliphatic rings. The highest BCUT2D eigenvalue weighted by Gasteiger charge is 2.34. The van der Waals surface area contributed by atoms with Crippen molar-refractivity contribution in [2.24, 2.45) is 5.92 Å². The minimum Gasteiger partial charge on any atom is -0.478 e. The third-order valence-corrected chi connectivity index (χ3v) is 2.99. The number of hydrogen-bond donors (Lipinski definition) is 2. The molecule has 2 unspecified atom stereocenters. The highest BCUT2D eigenvalue weighted by molar-refractivity contribution is 5.94. The molecule has 0 amide bonds. The Balaban J connectivity index is 2.36. The number of rotatable bonds is 3. The van der Waals surface area contributed by atoms with Crippen molar-refractivity contribution in [3.63, 3.8) is 0 Å². The second kappa shape index (κ2) is 3.77. The second-order valence-electron chi connectivity index (χ2n) is 4.57. The number of anilines is 1. The summed E-state index contributed by atoms with van der Waals surface area (Å²) < 4.78 is 0. The Bertz CT molecular complexity index is 443. The van der Waals surface area contributed by atoms with E-state index in [0.717, 1.165) is 17.7 Å². The molecule has 16 heavy (non-hydrogen) atoms. The zero-order valence-electron chi connectivity index (χ0n) is 9.74. The van der Waals surface area contributed by atoms with Gasteiger partial charge in [-0.2, -0.15) is 0 Å². The average molecular weight is 220 g/mol. The number of hydrogen-bond acceptors (Lipinski definition) is 3. The van der Waals surface area contributed by atoms with Gasteiger partial charge in [-0.1, -0.05) is 6.92 Å². The molecule has 2 N–H and O–H groups in total. The predicted octanol–water partition coefficient (Wildman–Crippen LogP) is 2.22. The molecule has 2 rings (SSSR count). The number of nitrogens with zero attached hydrogens (tertiary/aromatic N) is 1. The number of aromatic nitrogens is 1. The highest BCUT2D eigenvalue weighted by atomic mass is 16.4. The molecule has 0 aromatic carbocycles. The van der Waals surface area contributed by atoms with E-state index in [1.165, 1.54) is 0 Å². The summed E-state index contributed by atoms with van der Waals surface area (Å²) in [4.78, 5) is 15.4. The van der Waals surface area contributed by atoms with Gasteiger partial charge in [0.1, 0.15) is 11.4 Å². The summed E-state index contributed by atoms with van der Waals surface area (Å²) in [7, 11) is 0. The molecular formula is C12H16N2O2. The van der Waals surface area contributed by atoms with E-state index in [0.29, 0.717) is 23.3 Å². The maximum Gasteiger partial charge on any atom is 0.339 e. The molecule has 4 heteroatoms. The molecule has 1 aliphatic carbocycles. The van der Waals surface area contributed by atoms with E-state index < -0.39 is 5.97 Å². The fraction of sp³-hybridized carbons (Fsp3) is 0.500. The summed E-state index contributed by atoms with van der Waals surface area (Å²) in [5.74, 6) is 0.212. The summed E-state index contributed by atoms with van der Waals surface area (Å²) in [5, 5.41) is 12.4. The number of carbonyl (C=O) groups is 1. The number of aromatic carboxylic acids is 1. The summed E-state index contributed by atoms with van der Waals surface area (Å²) >= 11 is 0. The molecule has 0 bridgehead atoms. The zero-order chi connectivity index (χ0) is 11.9. The smallest absolute Gasteiger partial charge is 0.339 e. The van der Waals surface area contributed by atoms with Crippen molar-refractivity contribution in [2.75, 3.05) is 5.32 Å². The van der Waals surface area contributed by atoms with Crippen LogP contribution in [-0.4, -0.2) is 22.1 Å². The van der Waals surface area contributed by atoms with Crippen LogP contribution in [0.2, 0.25) is 0 Å². The van der Waals surface area contributed by atoms with E-state index in [2.05, 4.69) is 17.2 Å². The Kier molecular flexibility index (Phi) is 2.58. The van der Waals surface area contributed by atoms with E-state index in [9.17, 15) is 4.79 Å². The van der Waals surface area contributed by atoms with Gasteiger partial charge in [-0.05, 0) is 37.8 Å². The monoisotopic (exact) mass is 220 g/mol. The third-order valence-electron chi connectivity index (χ3n) is 2.99. The number of aryl methyl sites for hydroxylation is 2. The van der Waals surface area contributed by atoms with Crippen LogP contribution in [0.5, 0.6) is 0 Å². The maximum atomic E-state index is 11.2. The van der Waals surface area contributed by atoms with Gasteiger partial charge in [-0.15, -0.1) is 0 Å². The van der Waals surface area contributed by atoms with Gasteiger partial charge in [-0.3, -0.25) is 0 Å². The predicted molar refractivity (Wildman–Crippen MR) is 61.9 cm³/mol. The van der Waals surface area contributed by atoms with E-state index >= 15 is 0 Å². The molecule has 0 spiro atoms. The van der Waals surface area contributed by atoms with E-state index in [1.807, 2.05) is 6.92 Å². The SMILES string of the molecule is Cc1cc(C)c(C(=O)O)c(NC2CC2C)n1. The normalized spacial score (nSPS) is 22.9. The summed E-state index contributed by atoms with van der Waals surface area (Å²) in [5.41, 5.74) is 1.90. The minimum absolute atomic E-state index is 0.296. The van der Waals surface area contributed by atoms with Crippen LogP contribution < -0.4 is 5.32 Å². The van der Waals surface area contributed by atoms with Gasteiger partial charge < -0.3 is 10.4 Å². The van der Waals surface area contributed by atoms with Crippen molar-refractivity contribution < 1.29 is 9.90 Å². The topological polar surface area (TPSA) is 62.2 Å². The zero-order valence-corrected chi connectivity index (χ0v) is 9.74. The van der Waals surface area contributed by atoms with Crippen molar-refractivity contribution >= 4 is 11.8 Å². The maximum absolute atomic E-state index is 11.2. The molecule has 1 fully saturated rings. The number of nitrogens with one attached hydrogen (secondary N) is 1. The van der Waals surface area contributed by atoms with Crippen molar-refractivity contribution in [3.05, 3.63) is 22.9 Å². The molecule has 1 heterocycles. The quantitative estimate of drug-likeness (QED) is 0.819. The molecule has 86 valence electrons. The summed E-state index contributed by atoms with van der Waals surface area (Å²) in [6.45, 7) is 5.82. The lowest BCUT2D eigenvalue weighted by Gasteiger charge is -2.11. The van der Waals surface area contributed by atoms with E-state index in [-0.39, 0.29) is 0 Å². The van der Waals surface area contributed by atoms with Crippen molar-refractivity contribution in [2.45, 2.75) is 33.2 Å². The first-order valence-electron chi connectivity index (χ1n) is 5.47. The standard InChI is InChI=1S/C12H16N2O2/c1-6-5-9(6)14-11-10(12(15)16)7(2)4-8(3)13-11/h4,6,9H,5H2,1-3H3,(H,13,14)(H,15,16). The fourth-order valence-corrected chi connectivity index (χ4v) is 1.91. The molecule has 0 radical (unpaired) electrons. The molecular weight excluding hydrogens is 204 g/mol. The minimum atomic E-state index is -0.916. The van der Waals surface area contributed by atoms with Gasteiger partial charge in [-0.25, -0.2) is 9.78 Å². The van der Waals surface area contributed by atoms with Crippen LogP contribution in [0, 0.1) is 19.8 Å². The molecule has 1 aromatic rings. The highest BCUT2D eigenvalue weighted by Crippen LogP contribution is 2.33. The first kappa shape index (κ1) is 10.9. The summed E-state index contributed by atoms with van der Waals surface area (Å²) in [6, 6.07) is 2.18. The molecule has 0 saturated heterocycles. The van der Waals surface area contributed by atoms with E-state index in [4.69, 9.17) is 5.11 Å². The van der Waals surface area contributed by atoms with Crippen LogP contribution >= 0.6 is 0 Å². The van der Waals surface area contributed by atoms with E-state index in [1.54, 1.807) is 13.0 Å². The Morgan fingerprint density at radius 3 is 2.69 bits per heavy atom. The summed E-state index contributed by atoms with van der Waals surface area (Å²) in [6.07, 6.45) is 1.09. The van der Waals surface area contributed by atoms with Crippen LogP contribution in [0.1, 0.15) is 35.0 Å². The molecule has 4 nitrogen and oxygen atoms in total. The van der Waals surface area contributed by atoms with Crippen LogP contribution in [0.3, 0.4) is 0 Å². The third kappa shape index (κ3) is 2.01. The number of pyridine rings is 1. The van der Waals surface area contributed by atoms with Crippen LogP contribution in [0.15, 0.2) is 6.07 Å². The second-order valence-corrected chi connectivity index (χ2v) is 4.57. The average Bonchev–Trinajstić information content (AvgIpc) is 2.78. The molecule has 0 aliphatic heterocycles. The lowest BCUT2D eigenvalue weighted by Crippen LogP contribution is -2.13. The Labute approximate surface area is 94.7 Å². The Hall–Kier alpha value is -1.58. The van der Waals surface area contributed by atoms with Gasteiger partial charge in [0, 0.05) is 11.7 Å². The van der Waals surface area contributed by atoms with Gasteiger partial charge in [0.15, 0.2) is 0 Å². The molecule has 2 atom stereocenters. The van der Waals surface area contributed by atoms with Crippen LogP contribution in [0.25, 0.3) is 0 Å². The van der Waals surface area contributed by atoms with Crippen molar-refractivity contribution in [1.82, 2.24) is 4.98 Å². The fourth-order valence-electron chi connectivity index (χ4n) is 1.91. The Morgan fingerprint density at radius 2 is 2.19 bits per heavy atom. The van der Waals surface area contributed by atoms with Crippen molar-refractivity contribution in [3.8, 4) is 0 Å². The first-order valence-corrected chi connectivity index (χ1v) is 5.47. The lowest BCUT2D eigenvalue weighted by atomic mass is 10.1. The van der Waals surface area contributed by atoms with Gasteiger partial charge in [0.2, 0.25) is 0 Å². The lowest BCUT2D eigenvalue weighted by molar-refractivity contribution is 0.0697. The van der Waals surface area contributed by atoms with Crippen LogP contribution in [-0.2, 0) is 0 Å². The largest absolute Gasteiger partial charge is 0.478 e. The van der Waals surface area contributed by atoms with Crippen molar-refractivity contribution in [1.29, 1.82) is 0 Å². The van der Waals surface area contributed by atoms with Crippen LogP contribution in [0.4, 0.5) is 5.82 Å². The number of carboxylic acids is 1. The first-order chi connectivity index (χ1) is 7.49.